The lowest BCUT2D eigenvalue weighted by atomic mass is 10.1. The van der Waals surface area contributed by atoms with E-state index in [2.05, 4.69) is 21.8 Å². The summed E-state index contributed by atoms with van der Waals surface area (Å²) >= 11 is 0. The molecule has 0 atom stereocenters. The van der Waals surface area contributed by atoms with Crippen molar-refractivity contribution in [1.29, 1.82) is 0 Å². The predicted octanol–water partition coefficient (Wildman–Crippen LogP) is 3.06. The van der Waals surface area contributed by atoms with E-state index in [-0.39, 0.29) is 11.8 Å². The fourth-order valence-electron chi connectivity index (χ4n) is 3.03. The number of nitrogens with zero attached hydrogens (tertiary/aromatic N) is 3. The number of hydrogen-bond donors (Lipinski definition) is 1. The third-order valence-electron chi connectivity index (χ3n) is 4.42. The molecule has 0 fully saturated rings. The Bertz CT molecular complexity index is 753. The summed E-state index contributed by atoms with van der Waals surface area (Å²) in [5, 5.41) is 2.87. The van der Waals surface area contributed by atoms with Gasteiger partial charge in [0.25, 0.3) is 5.91 Å². The Morgan fingerprint density at radius 3 is 3.00 bits per heavy atom. The highest BCUT2D eigenvalue weighted by Gasteiger charge is 2.20. The maximum atomic E-state index is 12.9. The number of aromatic nitrogens is 2. The van der Waals surface area contributed by atoms with Crippen LogP contribution in [-0.4, -0.2) is 32.8 Å². The number of nitrogens with one attached hydrogen (secondary N) is 1. The quantitative estimate of drug-likeness (QED) is 0.909. The Balaban J connectivity index is 1.70. The number of imidazole rings is 1. The fourth-order valence-corrected chi connectivity index (χ4v) is 3.03. The average molecular weight is 340 g/mol. The van der Waals surface area contributed by atoms with Gasteiger partial charge in [0.1, 0.15) is 0 Å². The lowest BCUT2D eigenvalue weighted by Gasteiger charge is -2.20. The van der Waals surface area contributed by atoms with Gasteiger partial charge in [-0.2, -0.15) is 0 Å². The van der Waals surface area contributed by atoms with Crippen LogP contribution >= 0.6 is 0 Å². The third kappa shape index (κ3) is 4.26. The van der Waals surface area contributed by atoms with Gasteiger partial charge in [-0.05, 0) is 31.0 Å². The molecule has 0 spiro atoms. The van der Waals surface area contributed by atoms with Crippen molar-refractivity contribution in [1.82, 2.24) is 14.5 Å². The van der Waals surface area contributed by atoms with Crippen LogP contribution in [0.1, 0.15) is 48.7 Å². The molecule has 1 aromatic carbocycles. The standard InChI is InChI=1S/C19H24N4O2/c1-2-3-8-18(24)21-16-7-4-6-15(11-16)19(25)22-9-5-10-23-14-20-12-17(23)13-22/h4,6-7,11-12,14H,2-3,5,8-10,13H2,1H3,(H,21,24). The normalized spacial score (nSPS) is 13.9. The molecule has 6 heteroatoms. The Morgan fingerprint density at radius 1 is 1.28 bits per heavy atom. The first kappa shape index (κ1) is 17.2. The maximum absolute atomic E-state index is 12.9. The Kier molecular flexibility index (Phi) is 5.48. The zero-order valence-corrected chi connectivity index (χ0v) is 14.6. The summed E-state index contributed by atoms with van der Waals surface area (Å²) in [5.74, 6) is -0.0237. The van der Waals surface area contributed by atoms with Crippen LogP contribution in [0.4, 0.5) is 5.69 Å². The van der Waals surface area contributed by atoms with Gasteiger partial charge in [-0.3, -0.25) is 9.59 Å². The Morgan fingerprint density at radius 2 is 2.16 bits per heavy atom. The zero-order valence-electron chi connectivity index (χ0n) is 14.6. The van der Waals surface area contributed by atoms with Gasteiger partial charge in [-0.25, -0.2) is 4.98 Å². The second-order valence-corrected chi connectivity index (χ2v) is 6.39. The van der Waals surface area contributed by atoms with Crippen LogP contribution in [0.3, 0.4) is 0 Å². The van der Waals surface area contributed by atoms with Gasteiger partial charge in [-0.1, -0.05) is 19.4 Å². The molecular weight excluding hydrogens is 316 g/mol. The predicted molar refractivity (Wildman–Crippen MR) is 96.2 cm³/mol. The van der Waals surface area contributed by atoms with E-state index in [1.807, 2.05) is 29.6 Å². The number of carbonyl (C=O) groups is 2. The molecule has 0 unspecified atom stereocenters. The first-order valence-electron chi connectivity index (χ1n) is 8.85. The number of aryl methyl sites for hydroxylation is 1. The Hall–Kier alpha value is -2.63. The van der Waals surface area contributed by atoms with Crippen LogP contribution in [0, 0.1) is 0 Å². The summed E-state index contributed by atoms with van der Waals surface area (Å²) < 4.78 is 2.09. The van der Waals surface area contributed by atoms with Gasteiger partial charge in [0.15, 0.2) is 0 Å². The van der Waals surface area contributed by atoms with Crippen molar-refractivity contribution in [3.8, 4) is 0 Å². The first-order valence-corrected chi connectivity index (χ1v) is 8.85. The van der Waals surface area contributed by atoms with Crippen molar-refractivity contribution in [2.75, 3.05) is 11.9 Å². The molecule has 0 saturated heterocycles. The molecular formula is C19H24N4O2. The summed E-state index contributed by atoms with van der Waals surface area (Å²) in [6.45, 7) is 4.21. The van der Waals surface area contributed by atoms with Crippen molar-refractivity contribution in [3.63, 3.8) is 0 Å². The molecule has 25 heavy (non-hydrogen) atoms. The Labute approximate surface area is 147 Å². The van der Waals surface area contributed by atoms with Crippen molar-refractivity contribution in [3.05, 3.63) is 48.0 Å². The van der Waals surface area contributed by atoms with Gasteiger partial charge >= 0.3 is 0 Å². The summed E-state index contributed by atoms with van der Waals surface area (Å²) in [7, 11) is 0. The highest BCUT2D eigenvalue weighted by atomic mass is 16.2. The molecule has 0 radical (unpaired) electrons. The third-order valence-corrected chi connectivity index (χ3v) is 4.42. The first-order chi connectivity index (χ1) is 12.2. The van der Waals surface area contributed by atoms with Gasteiger partial charge in [0.05, 0.1) is 18.6 Å². The van der Waals surface area contributed by atoms with Crippen LogP contribution in [0.15, 0.2) is 36.8 Å². The SMILES string of the molecule is CCCCC(=O)Nc1cccc(C(=O)N2CCCn3cncc3C2)c1. The zero-order chi connectivity index (χ0) is 17.6. The number of anilines is 1. The highest BCUT2D eigenvalue weighted by molar-refractivity contribution is 5.97. The summed E-state index contributed by atoms with van der Waals surface area (Å²) in [6.07, 6.45) is 6.89. The molecule has 1 aliphatic rings. The molecule has 0 saturated carbocycles. The van der Waals surface area contributed by atoms with E-state index < -0.39 is 0 Å². The van der Waals surface area contributed by atoms with Crippen LogP contribution in [0.2, 0.25) is 0 Å². The minimum Gasteiger partial charge on any atom is -0.333 e. The van der Waals surface area contributed by atoms with Crippen molar-refractivity contribution < 1.29 is 9.59 Å². The molecule has 6 nitrogen and oxygen atoms in total. The van der Waals surface area contributed by atoms with Gasteiger partial charge < -0.3 is 14.8 Å². The molecule has 1 N–H and O–H groups in total. The minimum absolute atomic E-state index is 0.00915. The summed E-state index contributed by atoms with van der Waals surface area (Å²) in [5.41, 5.74) is 2.32. The second kappa shape index (κ2) is 7.96. The molecule has 1 aliphatic heterocycles. The van der Waals surface area contributed by atoms with E-state index in [1.54, 1.807) is 12.1 Å². The van der Waals surface area contributed by atoms with Crippen LogP contribution in [0.25, 0.3) is 0 Å². The van der Waals surface area contributed by atoms with Gasteiger partial charge in [0, 0.05) is 37.0 Å². The lowest BCUT2D eigenvalue weighted by molar-refractivity contribution is -0.116. The number of fused-ring (bicyclic) bond motifs is 1. The maximum Gasteiger partial charge on any atom is 0.254 e. The number of amides is 2. The van der Waals surface area contributed by atoms with Crippen molar-refractivity contribution in [2.45, 2.75) is 45.7 Å². The number of rotatable bonds is 5. The largest absolute Gasteiger partial charge is 0.333 e. The molecule has 1 aromatic heterocycles. The molecule has 0 bridgehead atoms. The molecule has 2 amide bonds. The topological polar surface area (TPSA) is 67.2 Å². The van der Waals surface area contributed by atoms with Crippen molar-refractivity contribution >= 4 is 17.5 Å². The minimum atomic E-state index is -0.0145. The van der Waals surface area contributed by atoms with Crippen molar-refractivity contribution in [2.24, 2.45) is 0 Å². The van der Waals surface area contributed by atoms with E-state index in [4.69, 9.17) is 0 Å². The smallest absolute Gasteiger partial charge is 0.254 e. The number of hydrogen-bond acceptors (Lipinski definition) is 3. The van der Waals surface area contributed by atoms with E-state index in [9.17, 15) is 9.59 Å². The second-order valence-electron chi connectivity index (χ2n) is 6.39. The monoisotopic (exact) mass is 340 g/mol. The molecule has 2 aromatic rings. The van der Waals surface area contributed by atoms with Crippen LogP contribution in [-0.2, 0) is 17.9 Å². The summed E-state index contributed by atoms with van der Waals surface area (Å²) in [6, 6.07) is 7.18. The molecule has 132 valence electrons. The fraction of sp³-hybridized carbons (Fsp3) is 0.421. The summed E-state index contributed by atoms with van der Waals surface area (Å²) in [4.78, 5) is 30.8. The molecule has 0 aliphatic carbocycles. The average Bonchev–Trinajstić information content (AvgIpc) is 2.96. The lowest BCUT2D eigenvalue weighted by Crippen LogP contribution is -2.30. The number of carbonyl (C=O) groups excluding carboxylic acids is 2. The van der Waals surface area contributed by atoms with E-state index >= 15 is 0 Å². The van der Waals surface area contributed by atoms with Gasteiger partial charge in [0.2, 0.25) is 5.91 Å². The molecule has 3 rings (SSSR count). The van der Waals surface area contributed by atoms with Crippen LogP contribution < -0.4 is 5.32 Å². The highest BCUT2D eigenvalue weighted by Crippen LogP contribution is 2.17. The number of benzene rings is 1. The van der Waals surface area contributed by atoms with E-state index in [0.717, 1.165) is 31.5 Å². The number of unbranched alkanes of at least 4 members (excludes halogenated alkanes) is 1. The molecule has 2 heterocycles. The van der Waals surface area contributed by atoms with E-state index in [0.29, 0.717) is 30.8 Å². The van der Waals surface area contributed by atoms with Crippen LogP contribution in [0.5, 0.6) is 0 Å². The van der Waals surface area contributed by atoms with E-state index in [1.165, 1.54) is 0 Å². The van der Waals surface area contributed by atoms with Gasteiger partial charge in [-0.15, -0.1) is 0 Å².